The number of fused-ring (bicyclic) bond motifs is 2. The smallest absolute Gasteiger partial charge is 0.336 e. The van der Waals surface area contributed by atoms with Crippen LogP contribution in [0, 0.1) is 16.7 Å². The molecular weight excluding hydrogens is 290 g/mol. The summed E-state index contributed by atoms with van der Waals surface area (Å²) in [5.74, 6) is 0.104. The number of carbonyl (C=O) groups excluding carboxylic acids is 1. The van der Waals surface area contributed by atoms with Gasteiger partial charge in [0.15, 0.2) is 0 Å². The minimum atomic E-state index is -1.05. The maximum Gasteiger partial charge on any atom is 0.336 e. The van der Waals surface area contributed by atoms with E-state index in [2.05, 4.69) is 32.3 Å². The molecule has 0 aromatic carbocycles. The number of hydrogen-bond acceptors (Lipinski definition) is 4. The molecule has 1 aromatic heterocycles. The first-order valence-electron chi connectivity index (χ1n) is 8.25. The van der Waals surface area contributed by atoms with Gasteiger partial charge in [-0.05, 0) is 48.3 Å². The van der Waals surface area contributed by atoms with Crippen molar-refractivity contribution < 1.29 is 14.6 Å². The van der Waals surface area contributed by atoms with Gasteiger partial charge >= 0.3 is 5.97 Å². The van der Waals surface area contributed by atoms with E-state index < -0.39 is 12.1 Å². The lowest BCUT2D eigenvalue weighted by molar-refractivity contribution is -0.153. The van der Waals surface area contributed by atoms with E-state index in [1.54, 1.807) is 24.5 Å². The van der Waals surface area contributed by atoms with E-state index in [9.17, 15) is 9.90 Å². The summed E-state index contributed by atoms with van der Waals surface area (Å²) in [6, 6.07) is 3.34. The summed E-state index contributed by atoms with van der Waals surface area (Å²) in [7, 11) is 0. The number of carbonyl (C=O) groups is 1. The molecule has 23 heavy (non-hydrogen) atoms. The lowest BCUT2D eigenvalue weighted by Gasteiger charge is -2.38. The van der Waals surface area contributed by atoms with Crippen molar-refractivity contribution >= 4 is 5.97 Å². The summed E-state index contributed by atoms with van der Waals surface area (Å²) in [6.07, 6.45) is 5.22. The van der Waals surface area contributed by atoms with Crippen LogP contribution in [-0.2, 0) is 9.53 Å². The molecular formula is C19H25NO3. The number of ether oxygens (including phenoxy) is 1. The van der Waals surface area contributed by atoms with Gasteiger partial charge < -0.3 is 9.84 Å². The van der Waals surface area contributed by atoms with E-state index in [-0.39, 0.29) is 22.5 Å². The van der Waals surface area contributed by atoms with E-state index >= 15 is 0 Å². The van der Waals surface area contributed by atoms with E-state index in [4.69, 9.17) is 4.74 Å². The average molecular weight is 315 g/mol. The molecule has 1 heterocycles. The quantitative estimate of drug-likeness (QED) is 0.683. The summed E-state index contributed by atoms with van der Waals surface area (Å²) in [5.41, 5.74) is 0.875. The van der Waals surface area contributed by atoms with Gasteiger partial charge in [0, 0.05) is 17.8 Å². The van der Waals surface area contributed by atoms with Crippen LogP contribution in [0.4, 0.5) is 0 Å². The number of aromatic nitrogens is 1. The molecule has 4 atom stereocenters. The van der Waals surface area contributed by atoms with Gasteiger partial charge in [-0.25, -0.2) is 4.79 Å². The molecule has 0 spiro atoms. The van der Waals surface area contributed by atoms with Crippen molar-refractivity contribution in [3.63, 3.8) is 0 Å². The Morgan fingerprint density at radius 3 is 2.57 bits per heavy atom. The molecule has 2 aliphatic rings. The number of rotatable bonds is 4. The molecule has 3 rings (SSSR count). The predicted molar refractivity (Wildman–Crippen MR) is 87.4 cm³/mol. The molecule has 2 aliphatic carbocycles. The molecule has 4 heteroatoms. The van der Waals surface area contributed by atoms with Crippen molar-refractivity contribution in [2.75, 3.05) is 0 Å². The third kappa shape index (κ3) is 2.40. The number of pyridine rings is 1. The predicted octanol–water partition coefficient (Wildman–Crippen LogP) is 3.43. The van der Waals surface area contributed by atoms with Crippen LogP contribution in [0.1, 0.15) is 51.7 Å². The second-order valence-corrected chi connectivity index (χ2v) is 7.71. The molecule has 0 radical (unpaired) electrons. The van der Waals surface area contributed by atoms with Gasteiger partial charge in [0.25, 0.3) is 0 Å². The van der Waals surface area contributed by atoms with E-state index in [0.29, 0.717) is 11.5 Å². The van der Waals surface area contributed by atoms with Gasteiger partial charge in [-0.2, -0.15) is 0 Å². The van der Waals surface area contributed by atoms with Gasteiger partial charge in [0.2, 0.25) is 0 Å². The summed E-state index contributed by atoms with van der Waals surface area (Å²) < 4.78 is 5.77. The molecule has 2 fully saturated rings. The standard InChI is InChI=1S/C19H25NO3/c1-12(16(21)13-6-9-20-10-7-13)17(22)23-15-11-14-5-8-19(15,4)18(14,2)3/h6-7,9-10,14-16,21H,1,5,8,11H2,2-4H3. The third-order valence-corrected chi connectivity index (χ3v) is 6.58. The summed E-state index contributed by atoms with van der Waals surface area (Å²) >= 11 is 0. The Kier molecular flexibility index (Phi) is 3.83. The Labute approximate surface area is 137 Å². The van der Waals surface area contributed by atoms with Crippen molar-refractivity contribution in [3.8, 4) is 0 Å². The van der Waals surface area contributed by atoms with E-state index in [1.807, 2.05) is 0 Å². The number of aliphatic hydroxyl groups is 1. The Morgan fingerprint density at radius 2 is 2.04 bits per heavy atom. The first-order chi connectivity index (χ1) is 10.8. The molecule has 2 bridgehead atoms. The third-order valence-electron chi connectivity index (χ3n) is 6.58. The van der Waals surface area contributed by atoms with Crippen LogP contribution < -0.4 is 0 Å². The summed E-state index contributed by atoms with van der Waals surface area (Å²) in [5, 5.41) is 10.3. The highest BCUT2D eigenvalue weighted by atomic mass is 16.5. The minimum Gasteiger partial charge on any atom is -0.458 e. The zero-order chi connectivity index (χ0) is 16.8. The van der Waals surface area contributed by atoms with Crippen molar-refractivity contribution in [3.05, 3.63) is 42.2 Å². The van der Waals surface area contributed by atoms with E-state index in [1.165, 1.54) is 6.42 Å². The fourth-order valence-corrected chi connectivity index (χ4v) is 4.37. The van der Waals surface area contributed by atoms with Crippen LogP contribution in [0.5, 0.6) is 0 Å². The maximum atomic E-state index is 12.4. The molecule has 4 nitrogen and oxygen atoms in total. The van der Waals surface area contributed by atoms with Crippen molar-refractivity contribution in [2.24, 2.45) is 16.7 Å². The Bertz CT molecular complexity index is 625. The zero-order valence-electron chi connectivity index (χ0n) is 14.1. The van der Waals surface area contributed by atoms with E-state index in [0.717, 1.165) is 12.8 Å². The zero-order valence-corrected chi connectivity index (χ0v) is 14.1. The van der Waals surface area contributed by atoms with Gasteiger partial charge in [0.05, 0.1) is 5.57 Å². The number of esters is 1. The molecule has 1 aromatic rings. The highest BCUT2D eigenvalue weighted by molar-refractivity contribution is 5.89. The van der Waals surface area contributed by atoms with Crippen LogP contribution in [0.3, 0.4) is 0 Å². The number of hydrogen-bond donors (Lipinski definition) is 1. The Hall–Kier alpha value is -1.68. The second kappa shape index (κ2) is 5.45. The van der Waals surface area contributed by atoms with Gasteiger partial charge in [-0.3, -0.25) is 4.98 Å². The lowest BCUT2D eigenvalue weighted by atomic mass is 9.70. The van der Waals surface area contributed by atoms with Gasteiger partial charge in [0.1, 0.15) is 12.2 Å². The highest BCUT2D eigenvalue weighted by Crippen LogP contribution is 2.66. The second-order valence-electron chi connectivity index (χ2n) is 7.71. The topological polar surface area (TPSA) is 59.4 Å². The summed E-state index contributed by atoms with van der Waals surface area (Å²) in [4.78, 5) is 16.4. The normalized spacial score (nSPS) is 32.5. The minimum absolute atomic E-state index is 0.00915. The van der Waals surface area contributed by atoms with Crippen LogP contribution in [0.25, 0.3) is 0 Å². The first kappa shape index (κ1) is 16.2. The highest BCUT2D eigenvalue weighted by Gasteiger charge is 2.62. The largest absolute Gasteiger partial charge is 0.458 e. The van der Waals surface area contributed by atoms with Gasteiger partial charge in [-0.15, -0.1) is 0 Å². The molecule has 1 N–H and O–H groups in total. The molecule has 0 saturated heterocycles. The fourth-order valence-electron chi connectivity index (χ4n) is 4.37. The lowest BCUT2D eigenvalue weighted by Crippen LogP contribution is -2.38. The molecule has 0 aliphatic heterocycles. The van der Waals surface area contributed by atoms with Crippen molar-refractivity contribution in [1.82, 2.24) is 4.98 Å². The van der Waals surface area contributed by atoms with Crippen LogP contribution in [0.2, 0.25) is 0 Å². The Balaban J connectivity index is 1.70. The first-order valence-corrected chi connectivity index (χ1v) is 8.25. The summed E-state index contributed by atoms with van der Waals surface area (Å²) in [6.45, 7) is 10.5. The monoisotopic (exact) mass is 315 g/mol. The fraction of sp³-hybridized carbons (Fsp3) is 0.579. The van der Waals surface area contributed by atoms with Crippen molar-refractivity contribution in [1.29, 1.82) is 0 Å². The van der Waals surface area contributed by atoms with Crippen molar-refractivity contribution in [2.45, 2.75) is 52.2 Å². The molecule has 2 saturated carbocycles. The SMILES string of the molecule is C=C(C(=O)OC1CC2CCC1(C)C2(C)C)C(O)c1ccncc1. The Morgan fingerprint density at radius 1 is 1.39 bits per heavy atom. The van der Waals surface area contributed by atoms with Crippen LogP contribution in [0.15, 0.2) is 36.7 Å². The van der Waals surface area contributed by atoms with Crippen LogP contribution >= 0.6 is 0 Å². The molecule has 124 valence electrons. The molecule has 4 unspecified atom stereocenters. The average Bonchev–Trinajstić information content (AvgIpc) is 2.87. The maximum absolute atomic E-state index is 12.4. The molecule has 0 amide bonds. The van der Waals surface area contributed by atoms with Gasteiger partial charge in [-0.1, -0.05) is 27.4 Å². The number of aliphatic hydroxyl groups excluding tert-OH is 1. The number of nitrogens with zero attached hydrogens (tertiary/aromatic N) is 1. The van der Waals surface area contributed by atoms with Crippen LogP contribution in [-0.4, -0.2) is 22.2 Å².